The summed E-state index contributed by atoms with van der Waals surface area (Å²) in [5.74, 6) is -1.38. The lowest BCUT2D eigenvalue weighted by Gasteiger charge is -2.11. The van der Waals surface area contributed by atoms with Crippen LogP contribution in [0.4, 0.5) is 5.69 Å². The second kappa shape index (κ2) is 4.99. The van der Waals surface area contributed by atoms with Crippen LogP contribution in [0.2, 0.25) is 0 Å². The molecule has 0 aliphatic carbocycles. The second-order valence-electron chi connectivity index (χ2n) is 3.39. The quantitative estimate of drug-likeness (QED) is 0.798. The molecule has 1 atom stereocenters. The van der Waals surface area contributed by atoms with E-state index in [4.69, 9.17) is 16.7 Å². The molecule has 0 saturated carbocycles. The van der Waals surface area contributed by atoms with Crippen molar-refractivity contribution in [2.75, 3.05) is 5.32 Å². The van der Waals surface area contributed by atoms with E-state index in [2.05, 4.69) is 5.32 Å². The normalized spacial score (nSPS) is 11.9. The van der Waals surface area contributed by atoms with Gasteiger partial charge in [-0.25, -0.2) is 4.79 Å². The predicted molar refractivity (Wildman–Crippen MR) is 62.1 cm³/mol. The summed E-state index contributed by atoms with van der Waals surface area (Å²) in [6.45, 7) is 3.19. The Balaban J connectivity index is 3.02. The number of carbonyl (C=O) groups excluding carboxylic acids is 1. The van der Waals surface area contributed by atoms with Crippen molar-refractivity contribution in [2.45, 2.75) is 19.2 Å². The van der Waals surface area contributed by atoms with Crippen LogP contribution in [0.15, 0.2) is 18.2 Å². The number of hydrogen-bond acceptors (Lipinski definition) is 2. The van der Waals surface area contributed by atoms with Crippen molar-refractivity contribution in [3.63, 3.8) is 0 Å². The standard InChI is InChI=1S/C11H12ClNO3/c1-6-8(11(15)16)4-3-5-9(6)13-10(14)7(2)12/h3-5,7H,1-2H3,(H,13,14)(H,15,16). The zero-order valence-electron chi connectivity index (χ0n) is 8.95. The number of amides is 1. The summed E-state index contributed by atoms with van der Waals surface area (Å²) in [5.41, 5.74) is 1.15. The Hall–Kier alpha value is -1.55. The number of benzene rings is 1. The van der Waals surface area contributed by atoms with E-state index in [1.165, 1.54) is 6.07 Å². The Labute approximate surface area is 98.2 Å². The van der Waals surface area contributed by atoms with Crippen molar-refractivity contribution in [1.82, 2.24) is 0 Å². The highest BCUT2D eigenvalue weighted by Gasteiger charge is 2.14. The van der Waals surface area contributed by atoms with E-state index in [1.807, 2.05) is 0 Å². The van der Waals surface area contributed by atoms with E-state index < -0.39 is 11.3 Å². The van der Waals surface area contributed by atoms with Crippen molar-refractivity contribution in [1.29, 1.82) is 0 Å². The first-order chi connectivity index (χ1) is 7.43. The van der Waals surface area contributed by atoms with E-state index >= 15 is 0 Å². The third-order valence-corrected chi connectivity index (χ3v) is 2.38. The van der Waals surface area contributed by atoms with E-state index in [1.54, 1.807) is 26.0 Å². The summed E-state index contributed by atoms with van der Waals surface area (Å²) in [6, 6.07) is 4.70. The summed E-state index contributed by atoms with van der Waals surface area (Å²) in [5, 5.41) is 10.8. The number of aromatic carboxylic acids is 1. The molecular weight excluding hydrogens is 230 g/mol. The smallest absolute Gasteiger partial charge is 0.336 e. The van der Waals surface area contributed by atoms with Gasteiger partial charge in [-0.05, 0) is 31.5 Å². The number of anilines is 1. The molecule has 0 bridgehead atoms. The Morgan fingerprint density at radius 3 is 2.56 bits per heavy atom. The number of carboxylic acid groups (broad SMARTS) is 1. The Morgan fingerprint density at radius 1 is 1.44 bits per heavy atom. The first-order valence-electron chi connectivity index (χ1n) is 4.71. The average Bonchev–Trinajstić information content (AvgIpc) is 2.20. The van der Waals surface area contributed by atoms with Gasteiger partial charge in [-0.1, -0.05) is 6.07 Å². The van der Waals surface area contributed by atoms with E-state index in [9.17, 15) is 9.59 Å². The van der Waals surface area contributed by atoms with Crippen molar-refractivity contribution in [3.8, 4) is 0 Å². The Morgan fingerprint density at radius 2 is 2.06 bits per heavy atom. The van der Waals surface area contributed by atoms with Gasteiger partial charge in [0.05, 0.1) is 5.56 Å². The molecule has 1 aromatic carbocycles. The summed E-state index contributed by atoms with van der Waals surface area (Å²) >= 11 is 5.60. The molecule has 2 N–H and O–H groups in total. The molecule has 86 valence electrons. The molecule has 0 aliphatic heterocycles. The third-order valence-electron chi connectivity index (χ3n) is 2.18. The molecule has 1 aromatic rings. The highest BCUT2D eigenvalue weighted by Crippen LogP contribution is 2.19. The van der Waals surface area contributed by atoms with Crippen LogP contribution >= 0.6 is 11.6 Å². The van der Waals surface area contributed by atoms with E-state index in [-0.39, 0.29) is 11.5 Å². The number of rotatable bonds is 3. The topological polar surface area (TPSA) is 66.4 Å². The molecule has 16 heavy (non-hydrogen) atoms. The number of carbonyl (C=O) groups is 2. The first-order valence-corrected chi connectivity index (χ1v) is 5.15. The predicted octanol–water partition coefficient (Wildman–Crippen LogP) is 2.26. The van der Waals surface area contributed by atoms with Crippen LogP contribution in [0.1, 0.15) is 22.8 Å². The lowest BCUT2D eigenvalue weighted by atomic mass is 10.1. The fourth-order valence-electron chi connectivity index (χ4n) is 1.23. The number of nitrogens with one attached hydrogen (secondary N) is 1. The van der Waals surface area contributed by atoms with E-state index in [0.717, 1.165) is 0 Å². The van der Waals surface area contributed by atoms with Crippen LogP contribution in [-0.2, 0) is 4.79 Å². The van der Waals surface area contributed by atoms with Crippen LogP contribution < -0.4 is 5.32 Å². The molecule has 1 unspecified atom stereocenters. The minimum absolute atomic E-state index is 0.167. The van der Waals surface area contributed by atoms with Crippen LogP contribution in [0.3, 0.4) is 0 Å². The van der Waals surface area contributed by atoms with Crippen LogP contribution in [-0.4, -0.2) is 22.4 Å². The molecule has 0 radical (unpaired) electrons. The zero-order valence-corrected chi connectivity index (χ0v) is 9.71. The van der Waals surface area contributed by atoms with E-state index in [0.29, 0.717) is 11.3 Å². The maximum absolute atomic E-state index is 11.4. The highest BCUT2D eigenvalue weighted by atomic mass is 35.5. The maximum Gasteiger partial charge on any atom is 0.336 e. The molecule has 0 spiro atoms. The Bertz CT molecular complexity index is 429. The van der Waals surface area contributed by atoms with Gasteiger partial charge in [0, 0.05) is 5.69 Å². The van der Waals surface area contributed by atoms with Gasteiger partial charge in [-0.2, -0.15) is 0 Å². The molecule has 0 fully saturated rings. The fourth-order valence-corrected chi connectivity index (χ4v) is 1.29. The van der Waals surface area contributed by atoms with Gasteiger partial charge in [0.15, 0.2) is 0 Å². The van der Waals surface area contributed by atoms with Gasteiger partial charge in [0.2, 0.25) is 5.91 Å². The molecule has 0 aliphatic rings. The number of hydrogen-bond donors (Lipinski definition) is 2. The van der Waals surface area contributed by atoms with Gasteiger partial charge in [0.1, 0.15) is 5.38 Å². The SMILES string of the molecule is Cc1c(NC(=O)C(C)Cl)cccc1C(=O)O. The second-order valence-corrected chi connectivity index (χ2v) is 4.04. The summed E-state index contributed by atoms with van der Waals surface area (Å²) in [4.78, 5) is 22.2. The maximum atomic E-state index is 11.4. The number of carboxylic acids is 1. The van der Waals surface area contributed by atoms with Crippen molar-refractivity contribution in [3.05, 3.63) is 29.3 Å². The number of halogens is 1. The molecule has 0 heterocycles. The van der Waals surface area contributed by atoms with Crippen LogP contribution in [0.25, 0.3) is 0 Å². The number of alkyl halides is 1. The minimum atomic E-state index is -1.02. The lowest BCUT2D eigenvalue weighted by Crippen LogP contribution is -2.21. The van der Waals surface area contributed by atoms with Crippen molar-refractivity contribution < 1.29 is 14.7 Å². The van der Waals surface area contributed by atoms with Crippen LogP contribution in [0.5, 0.6) is 0 Å². The van der Waals surface area contributed by atoms with Gasteiger partial charge in [0.25, 0.3) is 0 Å². The van der Waals surface area contributed by atoms with Crippen molar-refractivity contribution >= 4 is 29.2 Å². The zero-order chi connectivity index (χ0) is 12.3. The summed E-state index contributed by atoms with van der Waals surface area (Å²) < 4.78 is 0. The van der Waals surface area contributed by atoms with Gasteiger partial charge in [-0.3, -0.25) is 4.79 Å². The van der Waals surface area contributed by atoms with Crippen LogP contribution in [0, 0.1) is 6.92 Å². The molecule has 5 heteroatoms. The summed E-state index contributed by atoms with van der Waals surface area (Å²) in [7, 11) is 0. The molecular formula is C11H12ClNO3. The lowest BCUT2D eigenvalue weighted by molar-refractivity contribution is -0.115. The van der Waals surface area contributed by atoms with Crippen molar-refractivity contribution in [2.24, 2.45) is 0 Å². The first kappa shape index (κ1) is 12.5. The monoisotopic (exact) mass is 241 g/mol. The Kier molecular flexibility index (Phi) is 3.90. The molecule has 1 amide bonds. The van der Waals surface area contributed by atoms with Gasteiger partial charge in [-0.15, -0.1) is 11.6 Å². The highest BCUT2D eigenvalue weighted by molar-refractivity contribution is 6.32. The molecule has 0 saturated heterocycles. The average molecular weight is 242 g/mol. The minimum Gasteiger partial charge on any atom is -0.478 e. The molecule has 1 rings (SSSR count). The molecule has 0 aromatic heterocycles. The fraction of sp³-hybridized carbons (Fsp3) is 0.273. The summed E-state index contributed by atoms with van der Waals surface area (Å²) in [6.07, 6.45) is 0. The van der Waals surface area contributed by atoms with Gasteiger partial charge < -0.3 is 10.4 Å². The van der Waals surface area contributed by atoms with Gasteiger partial charge >= 0.3 is 5.97 Å². The largest absolute Gasteiger partial charge is 0.478 e. The molecule has 4 nitrogen and oxygen atoms in total. The third kappa shape index (κ3) is 2.73.